The Labute approximate surface area is 104 Å². The Kier molecular flexibility index (Phi) is 4.05. The number of halogens is 1. The number of ether oxygens (including phenoxy) is 1. The highest BCUT2D eigenvalue weighted by atomic mass is 35.5. The predicted molar refractivity (Wildman–Crippen MR) is 64.4 cm³/mol. The SMILES string of the molecule is CC(C)(C)OC(=O)c1ccc(N=C=O)cc1Cl. The van der Waals surface area contributed by atoms with Crippen LogP contribution in [0.25, 0.3) is 0 Å². The van der Waals surface area contributed by atoms with Crippen LogP contribution >= 0.6 is 11.6 Å². The highest BCUT2D eigenvalue weighted by molar-refractivity contribution is 6.33. The highest BCUT2D eigenvalue weighted by Crippen LogP contribution is 2.24. The van der Waals surface area contributed by atoms with E-state index < -0.39 is 11.6 Å². The van der Waals surface area contributed by atoms with Crippen molar-refractivity contribution in [3.8, 4) is 0 Å². The molecule has 0 bridgehead atoms. The van der Waals surface area contributed by atoms with Crippen LogP contribution < -0.4 is 0 Å². The van der Waals surface area contributed by atoms with E-state index >= 15 is 0 Å². The lowest BCUT2D eigenvalue weighted by Crippen LogP contribution is -2.24. The van der Waals surface area contributed by atoms with Gasteiger partial charge in [0.1, 0.15) is 5.60 Å². The van der Waals surface area contributed by atoms with Crippen molar-refractivity contribution in [3.05, 3.63) is 28.8 Å². The summed E-state index contributed by atoms with van der Waals surface area (Å²) < 4.78 is 5.17. The van der Waals surface area contributed by atoms with Crippen molar-refractivity contribution in [2.45, 2.75) is 26.4 Å². The van der Waals surface area contributed by atoms with E-state index in [0.29, 0.717) is 5.69 Å². The van der Waals surface area contributed by atoms with E-state index in [2.05, 4.69) is 4.99 Å². The van der Waals surface area contributed by atoms with E-state index in [0.717, 1.165) is 0 Å². The Hall–Kier alpha value is -1.64. The molecule has 0 saturated heterocycles. The summed E-state index contributed by atoms with van der Waals surface area (Å²) in [4.78, 5) is 25.2. The second-order valence-corrected chi connectivity index (χ2v) is 4.78. The number of isocyanates is 1. The van der Waals surface area contributed by atoms with Crippen molar-refractivity contribution in [1.82, 2.24) is 0 Å². The summed E-state index contributed by atoms with van der Waals surface area (Å²) in [6.07, 6.45) is 1.40. The Morgan fingerprint density at radius 1 is 1.41 bits per heavy atom. The molecule has 0 unspecified atom stereocenters. The van der Waals surface area contributed by atoms with Gasteiger partial charge in [-0.05, 0) is 39.0 Å². The first kappa shape index (κ1) is 13.4. The number of carbonyl (C=O) groups excluding carboxylic acids is 2. The fourth-order valence-electron chi connectivity index (χ4n) is 1.12. The third kappa shape index (κ3) is 4.02. The molecule has 0 aliphatic heterocycles. The fourth-order valence-corrected chi connectivity index (χ4v) is 1.38. The molecule has 1 rings (SSSR count). The molecule has 0 amide bonds. The van der Waals surface area contributed by atoms with E-state index in [1.165, 1.54) is 24.3 Å². The molecule has 17 heavy (non-hydrogen) atoms. The van der Waals surface area contributed by atoms with Crippen molar-refractivity contribution in [2.75, 3.05) is 0 Å². The molecule has 1 aromatic rings. The van der Waals surface area contributed by atoms with Crippen molar-refractivity contribution < 1.29 is 14.3 Å². The van der Waals surface area contributed by atoms with Crippen molar-refractivity contribution in [1.29, 1.82) is 0 Å². The van der Waals surface area contributed by atoms with Crippen LogP contribution in [0.3, 0.4) is 0 Å². The Bertz CT molecular complexity index is 485. The molecule has 0 N–H and O–H groups in total. The Balaban J connectivity index is 3.00. The molecule has 0 heterocycles. The van der Waals surface area contributed by atoms with Gasteiger partial charge >= 0.3 is 5.97 Å². The van der Waals surface area contributed by atoms with Crippen LogP contribution in [0.2, 0.25) is 5.02 Å². The number of carbonyl (C=O) groups is 1. The van der Waals surface area contributed by atoms with Gasteiger partial charge in [-0.25, -0.2) is 9.59 Å². The van der Waals surface area contributed by atoms with Crippen LogP contribution in [0.4, 0.5) is 5.69 Å². The summed E-state index contributed by atoms with van der Waals surface area (Å²) in [6.45, 7) is 5.30. The first-order valence-electron chi connectivity index (χ1n) is 4.94. The third-order valence-electron chi connectivity index (χ3n) is 1.75. The average molecular weight is 254 g/mol. The molecule has 5 heteroatoms. The molecule has 0 radical (unpaired) electrons. The van der Waals surface area contributed by atoms with Crippen LogP contribution in [0.15, 0.2) is 23.2 Å². The molecule has 90 valence electrons. The molecule has 0 aromatic heterocycles. The first-order valence-corrected chi connectivity index (χ1v) is 5.32. The van der Waals surface area contributed by atoms with Crippen molar-refractivity contribution >= 4 is 29.3 Å². The number of benzene rings is 1. The zero-order valence-corrected chi connectivity index (χ0v) is 10.5. The Morgan fingerprint density at radius 2 is 2.06 bits per heavy atom. The van der Waals surface area contributed by atoms with E-state index in [1.54, 1.807) is 20.8 Å². The maximum absolute atomic E-state index is 11.7. The van der Waals surface area contributed by atoms with Gasteiger partial charge in [0.15, 0.2) is 0 Å². The molecule has 0 spiro atoms. The molecular formula is C12H12ClNO3. The largest absolute Gasteiger partial charge is 0.456 e. The standard InChI is InChI=1S/C12H12ClNO3/c1-12(2,3)17-11(16)9-5-4-8(14-7-15)6-10(9)13/h4-6H,1-3H3. The monoisotopic (exact) mass is 253 g/mol. The molecule has 0 aliphatic rings. The van der Waals surface area contributed by atoms with Crippen LogP contribution in [-0.4, -0.2) is 17.7 Å². The quantitative estimate of drug-likeness (QED) is 0.462. The van der Waals surface area contributed by atoms with Gasteiger partial charge in [0.05, 0.1) is 16.3 Å². The fraction of sp³-hybridized carbons (Fsp3) is 0.333. The molecular weight excluding hydrogens is 242 g/mol. The molecule has 0 aliphatic carbocycles. The zero-order valence-electron chi connectivity index (χ0n) is 9.78. The van der Waals surface area contributed by atoms with Gasteiger partial charge in [-0.15, -0.1) is 0 Å². The lowest BCUT2D eigenvalue weighted by atomic mass is 10.1. The van der Waals surface area contributed by atoms with Gasteiger partial charge < -0.3 is 4.74 Å². The minimum Gasteiger partial charge on any atom is -0.456 e. The smallest absolute Gasteiger partial charge is 0.340 e. The van der Waals surface area contributed by atoms with Crippen LogP contribution in [0.1, 0.15) is 31.1 Å². The van der Waals surface area contributed by atoms with E-state index in [9.17, 15) is 9.59 Å². The van der Waals surface area contributed by atoms with E-state index in [1.807, 2.05) is 0 Å². The maximum atomic E-state index is 11.7. The summed E-state index contributed by atoms with van der Waals surface area (Å²) in [5.41, 5.74) is 0.00350. The summed E-state index contributed by atoms with van der Waals surface area (Å²) in [5, 5.41) is 0.191. The van der Waals surface area contributed by atoms with Crippen LogP contribution in [0, 0.1) is 0 Å². The number of nitrogens with zero attached hydrogens (tertiary/aromatic N) is 1. The summed E-state index contributed by atoms with van der Waals surface area (Å²) in [5.74, 6) is -0.510. The summed E-state index contributed by atoms with van der Waals surface area (Å²) in [7, 11) is 0. The number of hydrogen-bond acceptors (Lipinski definition) is 4. The molecule has 0 atom stereocenters. The molecule has 0 fully saturated rings. The number of hydrogen-bond donors (Lipinski definition) is 0. The van der Waals surface area contributed by atoms with Gasteiger partial charge in [0.2, 0.25) is 6.08 Å². The van der Waals surface area contributed by atoms with Gasteiger partial charge in [-0.1, -0.05) is 11.6 Å². The zero-order chi connectivity index (χ0) is 13.1. The topological polar surface area (TPSA) is 55.7 Å². The molecule has 0 saturated carbocycles. The van der Waals surface area contributed by atoms with Gasteiger partial charge in [-0.2, -0.15) is 4.99 Å². The van der Waals surface area contributed by atoms with Gasteiger partial charge in [-0.3, -0.25) is 0 Å². The van der Waals surface area contributed by atoms with E-state index in [-0.39, 0.29) is 10.6 Å². The number of rotatable bonds is 2. The summed E-state index contributed by atoms with van der Waals surface area (Å²) in [6, 6.07) is 4.37. The van der Waals surface area contributed by atoms with Crippen LogP contribution in [-0.2, 0) is 9.53 Å². The minimum atomic E-state index is -0.583. The number of esters is 1. The molecule has 1 aromatic carbocycles. The van der Waals surface area contributed by atoms with E-state index in [4.69, 9.17) is 16.3 Å². The maximum Gasteiger partial charge on any atom is 0.340 e. The first-order chi connectivity index (χ1) is 7.83. The lowest BCUT2D eigenvalue weighted by Gasteiger charge is -2.19. The normalized spacial score (nSPS) is 10.6. The van der Waals surface area contributed by atoms with Crippen LogP contribution in [0.5, 0.6) is 0 Å². The highest BCUT2D eigenvalue weighted by Gasteiger charge is 2.19. The van der Waals surface area contributed by atoms with Crippen molar-refractivity contribution in [3.63, 3.8) is 0 Å². The summed E-state index contributed by atoms with van der Waals surface area (Å²) >= 11 is 5.90. The van der Waals surface area contributed by atoms with Crippen molar-refractivity contribution in [2.24, 2.45) is 4.99 Å². The van der Waals surface area contributed by atoms with Gasteiger partial charge in [0, 0.05) is 0 Å². The predicted octanol–water partition coefficient (Wildman–Crippen LogP) is 3.26. The minimum absolute atomic E-state index is 0.191. The third-order valence-corrected chi connectivity index (χ3v) is 2.06. The second-order valence-electron chi connectivity index (χ2n) is 4.37. The Morgan fingerprint density at radius 3 is 2.53 bits per heavy atom. The lowest BCUT2D eigenvalue weighted by molar-refractivity contribution is 0.00698. The average Bonchev–Trinajstić information content (AvgIpc) is 2.15. The second kappa shape index (κ2) is 5.13. The van der Waals surface area contributed by atoms with Gasteiger partial charge in [0.25, 0.3) is 0 Å². The molecule has 4 nitrogen and oxygen atoms in total. The number of aliphatic imine (C=N–C) groups is 1.